The van der Waals surface area contributed by atoms with Crippen LogP contribution >= 0.6 is 0 Å². The molecule has 1 aliphatic heterocycles. The number of carbonyl (C=O) groups excluding carboxylic acids is 2. The molecule has 0 aliphatic carbocycles. The van der Waals surface area contributed by atoms with Gasteiger partial charge in [0.1, 0.15) is 18.1 Å². The normalized spacial score (nSPS) is 16.0. The minimum absolute atomic E-state index is 0.118. The highest BCUT2D eigenvalue weighted by molar-refractivity contribution is 5.95. The maximum atomic E-state index is 12.8. The SMILES string of the molecule is Cc1nc(C(=O)NC(C)C(=O)N2CCC(CCc3c(C)nc(C(F)(F)F)nc3N)CC2)co1. The number of hydrogen-bond donors (Lipinski definition) is 2. The first-order chi connectivity index (χ1) is 15.5. The monoisotopic (exact) mass is 468 g/mol. The van der Waals surface area contributed by atoms with Gasteiger partial charge in [-0.3, -0.25) is 9.59 Å². The molecule has 1 saturated heterocycles. The largest absolute Gasteiger partial charge is 0.451 e. The number of piperidine rings is 1. The average molecular weight is 468 g/mol. The molecule has 0 spiro atoms. The van der Waals surface area contributed by atoms with E-state index in [1.165, 1.54) is 13.2 Å². The third-order valence-corrected chi connectivity index (χ3v) is 5.80. The number of halogens is 3. The van der Waals surface area contributed by atoms with E-state index in [1.807, 2.05) is 0 Å². The Morgan fingerprint density at radius 2 is 1.91 bits per heavy atom. The van der Waals surface area contributed by atoms with Crippen molar-refractivity contribution in [2.24, 2.45) is 5.92 Å². The highest BCUT2D eigenvalue weighted by Crippen LogP contribution is 2.30. The van der Waals surface area contributed by atoms with E-state index in [0.717, 1.165) is 12.8 Å². The lowest BCUT2D eigenvalue weighted by Crippen LogP contribution is -2.49. The number of alkyl halides is 3. The molecule has 180 valence electrons. The summed E-state index contributed by atoms with van der Waals surface area (Å²) < 4.78 is 43.5. The molecule has 12 heteroatoms. The van der Waals surface area contributed by atoms with Gasteiger partial charge in [-0.15, -0.1) is 0 Å². The maximum Gasteiger partial charge on any atom is 0.451 e. The Kier molecular flexibility index (Phi) is 7.23. The summed E-state index contributed by atoms with van der Waals surface area (Å²) in [6, 6.07) is -0.710. The number of hydrogen-bond acceptors (Lipinski definition) is 7. The van der Waals surface area contributed by atoms with Crippen LogP contribution in [-0.2, 0) is 17.4 Å². The quantitative estimate of drug-likeness (QED) is 0.667. The van der Waals surface area contributed by atoms with Gasteiger partial charge in [-0.25, -0.2) is 15.0 Å². The summed E-state index contributed by atoms with van der Waals surface area (Å²) in [7, 11) is 0. The van der Waals surface area contributed by atoms with Crippen molar-refractivity contribution in [3.8, 4) is 0 Å². The van der Waals surface area contributed by atoms with Crippen molar-refractivity contribution in [1.29, 1.82) is 0 Å². The average Bonchev–Trinajstić information content (AvgIpc) is 3.18. The lowest BCUT2D eigenvalue weighted by Gasteiger charge is -2.33. The summed E-state index contributed by atoms with van der Waals surface area (Å²) in [6.07, 6.45) is -0.729. The zero-order chi connectivity index (χ0) is 24.3. The predicted octanol–water partition coefficient (Wildman–Crippen LogP) is 2.67. The number of aryl methyl sites for hydroxylation is 2. The van der Waals surface area contributed by atoms with E-state index in [0.29, 0.717) is 37.4 Å². The lowest BCUT2D eigenvalue weighted by molar-refractivity contribution is -0.145. The molecule has 9 nitrogen and oxygen atoms in total. The third kappa shape index (κ3) is 5.99. The van der Waals surface area contributed by atoms with Gasteiger partial charge in [-0.1, -0.05) is 0 Å². The zero-order valence-electron chi connectivity index (χ0n) is 18.7. The molecule has 2 amide bonds. The van der Waals surface area contributed by atoms with Crippen molar-refractivity contribution in [2.45, 2.75) is 58.7 Å². The van der Waals surface area contributed by atoms with Gasteiger partial charge in [0.2, 0.25) is 11.7 Å². The Bertz CT molecular complexity index is 992. The van der Waals surface area contributed by atoms with Crippen molar-refractivity contribution in [2.75, 3.05) is 18.8 Å². The standard InChI is InChI=1S/C21H27F3N6O3/c1-11-15(17(25)29-20(27-11)21(22,23)24)5-4-14-6-8-30(9-7-14)19(32)12(2)26-18(31)16-10-33-13(3)28-16/h10,12,14H,4-9H2,1-3H3,(H,26,31)(H2,25,27,29). The number of nitrogens with one attached hydrogen (secondary N) is 1. The van der Waals surface area contributed by atoms with Gasteiger partial charge >= 0.3 is 6.18 Å². The van der Waals surface area contributed by atoms with E-state index < -0.39 is 23.9 Å². The number of nitrogen functional groups attached to an aromatic ring is 1. The van der Waals surface area contributed by atoms with Crippen LogP contribution < -0.4 is 11.1 Å². The highest BCUT2D eigenvalue weighted by atomic mass is 19.4. The summed E-state index contributed by atoms with van der Waals surface area (Å²) in [6.45, 7) is 5.81. The number of likely N-dealkylation sites (tertiary alicyclic amines) is 1. The topological polar surface area (TPSA) is 127 Å². The third-order valence-electron chi connectivity index (χ3n) is 5.80. The van der Waals surface area contributed by atoms with E-state index >= 15 is 0 Å². The summed E-state index contributed by atoms with van der Waals surface area (Å²) in [4.78, 5) is 37.5. The van der Waals surface area contributed by atoms with Crippen LogP contribution in [0.1, 0.15) is 59.6 Å². The Hall–Kier alpha value is -3.18. The highest BCUT2D eigenvalue weighted by Gasteiger charge is 2.36. The fourth-order valence-electron chi connectivity index (χ4n) is 3.92. The number of amides is 2. The molecule has 0 bridgehead atoms. The first-order valence-corrected chi connectivity index (χ1v) is 10.7. The number of aromatic nitrogens is 3. The van der Waals surface area contributed by atoms with Gasteiger partial charge in [0.05, 0.1) is 0 Å². The number of carbonyl (C=O) groups is 2. The second-order valence-corrected chi connectivity index (χ2v) is 8.25. The molecule has 0 radical (unpaired) electrons. The molecule has 0 aromatic carbocycles. The zero-order valence-corrected chi connectivity index (χ0v) is 18.7. The predicted molar refractivity (Wildman–Crippen MR) is 112 cm³/mol. The second kappa shape index (κ2) is 9.75. The minimum Gasteiger partial charge on any atom is -0.448 e. The molecular weight excluding hydrogens is 441 g/mol. The van der Waals surface area contributed by atoms with Gasteiger partial charge in [-0.2, -0.15) is 13.2 Å². The summed E-state index contributed by atoms with van der Waals surface area (Å²) >= 11 is 0. The smallest absolute Gasteiger partial charge is 0.448 e. The van der Waals surface area contributed by atoms with E-state index in [2.05, 4.69) is 20.3 Å². The molecule has 3 N–H and O–H groups in total. The molecule has 3 heterocycles. The van der Waals surface area contributed by atoms with Crippen molar-refractivity contribution < 1.29 is 27.2 Å². The molecule has 1 aliphatic rings. The number of anilines is 1. The van der Waals surface area contributed by atoms with Crippen LogP contribution in [-0.4, -0.2) is 50.8 Å². The Morgan fingerprint density at radius 1 is 1.24 bits per heavy atom. The van der Waals surface area contributed by atoms with Crippen molar-refractivity contribution in [3.63, 3.8) is 0 Å². The number of nitrogens with zero attached hydrogens (tertiary/aromatic N) is 4. The summed E-state index contributed by atoms with van der Waals surface area (Å²) in [5.41, 5.74) is 6.64. The van der Waals surface area contributed by atoms with Gasteiger partial charge in [0.15, 0.2) is 11.6 Å². The van der Waals surface area contributed by atoms with Crippen LogP contribution in [0.4, 0.5) is 19.0 Å². The Labute approximate surface area is 189 Å². The first-order valence-electron chi connectivity index (χ1n) is 10.7. The van der Waals surface area contributed by atoms with Gasteiger partial charge < -0.3 is 20.4 Å². The fraction of sp³-hybridized carbons (Fsp3) is 0.571. The van der Waals surface area contributed by atoms with Gasteiger partial charge in [0, 0.05) is 31.3 Å². The van der Waals surface area contributed by atoms with Gasteiger partial charge in [0.25, 0.3) is 5.91 Å². The number of nitrogens with two attached hydrogens (primary N) is 1. The first kappa shape index (κ1) is 24.5. The summed E-state index contributed by atoms with van der Waals surface area (Å²) in [5.74, 6) is -1.38. The lowest BCUT2D eigenvalue weighted by atomic mass is 9.90. The van der Waals surface area contributed by atoms with E-state index in [9.17, 15) is 22.8 Å². The Morgan fingerprint density at radius 3 is 2.45 bits per heavy atom. The molecule has 0 saturated carbocycles. The molecular formula is C21H27F3N6O3. The van der Waals surface area contributed by atoms with E-state index in [-0.39, 0.29) is 29.0 Å². The van der Waals surface area contributed by atoms with Crippen LogP contribution in [0.3, 0.4) is 0 Å². The Balaban J connectivity index is 1.49. The van der Waals surface area contributed by atoms with Crippen molar-refractivity contribution in [1.82, 2.24) is 25.2 Å². The number of rotatable bonds is 6. The molecule has 3 rings (SSSR count). The molecule has 2 aromatic heterocycles. The maximum absolute atomic E-state index is 12.8. The van der Waals surface area contributed by atoms with Crippen LogP contribution in [0.2, 0.25) is 0 Å². The van der Waals surface area contributed by atoms with Crippen LogP contribution in [0.15, 0.2) is 10.7 Å². The number of oxazole rings is 1. The summed E-state index contributed by atoms with van der Waals surface area (Å²) in [5, 5.41) is 2.63. The molecule has 1 fully saturated rings. The fourth-order valence-corrected chi connectivity index (χ4v) is 3.92. The second-order valence-electron chi connectivity index (χ2n) is 8.25. The molecule has 2 aromatic rings. The minimum atomic E-state index is -4.64. The van der Waals surface area contributed by atoms with Crippen molar-refractivity contribution >= 4 is 17.6 Å². The molecule has 1 atom stereocenters. The van der Waals surface area contributed by atoms with Crippen LogP contribution in [0, 0.1) is 19.8 Å². The molecule has 1 unspecified atom stereocenters. The van der Waals surface area contributed by atoms with Crippen LogP contribution in [0.25, 0.3) is 0 Å². The van der Waals surface area contributed by atoms with E-state index in [4.69, 9.17) is 10.2 Å². The molecule has 33 heavy (non-hydrogen) atoms. The van der Waals surface area contributed by atoms with Gasteiger partial charge in [-0.05, 0) is 45.4 Å². The van der Waals surface area contributed by atoms with Crippen LogP contribution in [0.5, 0.6) is 0 Å². The van der Waals surface area contributed by atoms with E-state index in [1.54, 1.807) is 18.7 Å². The van der Waals surface area contributed by atoms with Crippen molar-refractivity contribution in [3.05, 3.63) is 34.9 Å².